The highest BCUT2D eigenvalue weighted by Gasteiger charge is 2.32. The largest absolute Gasteiger partial charge is 0.388 e. The molecule has 1 fully saturated rings. The van der Waals surface area contributed by atoms with Crippen LogP contribution >= 0.6 is 0 Å². The zero-order valence-corrected chi connectivity index (χ0v) is 12.0. The summed E-state index contributed by atoms with van der Waals surface area (Å²) in [6.07, 6.45) is 3.12. The number of rotatable bonds is 3. The lowest BCUT2D eigenvalue weighted by Crippen LogP contribution is -2.46. The molecule has 0 aliphatic heterocycles. The van der Waals surface area contributed by atoms with Gasteiger partial charge in [0.25, 0.3) is 0 Å². The Balaban J connectivity index is 1.84. The molecule has 1 aromatic carbocycles. The van der Waals surface area contributed by atoms with Crippen molar-refractivity contribution in [1.82, 2.24) is 5.32 Å². The molecule has 0 spiro atoms. The summed E-state index contributed by atoms with van der Waals surface area (Å²) in [6.45, 7) is 2.26. The molecule has 0 saturated heterocycles. The third kappa shape index (κ3) is 4.39. The van der Waals surface area contributed by atoms with E-state index in [9.17, 15) is 18.7 Å². The van der Waals surface area contributed by atoms with Gasteiger partial charge in [-0.1, -0.05) is 6.92 Å². The smallest absolute Gasteiger partial charge is 0.319 e. The van der Waals surface area contributed by atoms with Crippen molar-refractivity contribution >= 4 is 11.7 Å². The number of aliphatic hydroxyl groups is 1. The van der Waals surface area contributed by atoms with E-state index in [1.165, 1.54) is 0 Å². The fourth-order valence-electron chi connectivity index (χ4n) is 2.48. The molecule has 0 bridgehead atoms. The molecule has 2 rings (SSSR count). The number of halogens is 2. The highest BCUT2D eigenvalue weighted by Crippen LogP contribution is 2.31. The van der Waals surface area contributed by atoms with Crippen LogP contribution in [0.25, 0.3) is 0 Å². The average Bonchev–Trinajstić information content (AvgIpc) is 2.44. The van der Waals surface area contributed by atoms with Crippen LogP contribution in [-0.4, -0.2) is 23.3 Å². The molecule has 21 heavy (non-hydrogen) atoms. The third-order valence-electron chi connectivity index (χ3n) is 3.96. The van der Waals surface area contributed by atoms with Gasteiger partial charge in [-0.2, -0.15) is 0 Å². The molecule has 0 radical (unpaired) electrons. The normalized spacial score (nSPS) is 25.4. The molecule has 1 aliphatic carbocycles. The van der Waals surface area contributed by atoms with Crippen LogP contribution in [0.4, 0.5) is 19.3 Å². The highest BCUT2D eigenvalue weighted by atomic mass is 19.1. The van der Waals surface area contributed by atoms with Crippen LogP contribution < -0.4 is 10.6 Å². The second-order valence-corrected chi connectivity index (χ2v) is 5.84. The summed E-state index contributed by atoms with van der Waals surface area (Å²) in [7, 11) is 0. The second-order valence-electron chi connectivity index (χ2n) is 5.84. The SMILES string of the molecule is CC1CCC(O)(CNC(=O)Nc2ccc(F)cc2F)CC1. The number of carbonyl (C=O) groups excluding carboxylic acids is 1. The van der Waals surface area contributed by atoms with E-state index in [0.717, 1.165) is 25.0 Å². The second kappa shape index (κ2) is 6.39. The molecule has 116 valence electrons. The van der Waals surface area contributed by atoms with E-state index in [1.54, 1.807) is 0 Å². The zero-order chi connectivity index (χ0) is 15.5. The van der Waals surface area contributed by atoms with E-state index >= 15 is 0 Å². The molecule has 0 atom stereocenters. The summed E-state index contributed by atoms with van der Waals surface area (Å²) in [4.78, 5) is 11.7. The predicted molar refractivity (Wildman–Crippen MR) is 76.0 cm³/mol. The van der Waals surface area contributed by atoms with Gasteiger partial charge in [0.15, 0.2) is 0 Å². The van der Waals surface area contributed by atoms with Gasteiger partial charge < -0.3 is 15.7 Å². The van der Waals surface area contributed by atoms with Crippen molar-refractivity contribution in [3.05, 3.63) is 29.8 Å². The highest BCUT2D eigenvalue weighted by molar-refractivity contribution is 5.89. The minimum Gasteiger partial charge on any atom is -0.388 e. The van der Waals surface area contributed by atoms with Crippen molar-refractivity contribution in [2.24, 2.45) is 5.92 Å². The van der Waals surface area contributed by atoms with Gasteiger partial charge in [-0.15, -0.1) is 0 Å². The minimum atomic E-state index is -0.898. The van der Waals surface area contributed by atoms with Crippen LogP contribution in [-0.2, 0) is 0 Å². The third-order valence-corrected chi connectivity index (χ3v) is 3.96. The molecule has 1 aliphatic rings. The minimum absolute atomic E-state index is 0.0989. The summed E-state index contributed by atoms with van der Waals surface area (Å²) < 4.78 is 26.1. The fraction of sp³-hybridized carbons (Fsp3) is 0.533. The van der Waals surface area contributed by atoms with Crippen molar-refractivity contribution in [1.29, 1.82) is 0 Å². The van der Waals surface area contributed by atoms with Gasteiger partial charge in [0, 0.05) is 12.6 Å². The lowest BCUT2D eigenvalue weighted by molar-refractivity contribution is -0.00356. The maximum absolute atomic E-state index is 13.4. The summed E-state index contributed by atoms with van der Waals surface area (Å²) in [6, 6.07) is 2.30. The predicted octanol–water partition coefficient (Wildman–Crippen LogP) is 3.03. The van der Waals surface area contributed by atoms with E-state index in [2.05, 4.69) is 17.6 Å². The number of hydrogen-bond donors (Lipinski definition) is 3. The van der Waals surface area contributed by atoms with Gasteiger partial charge in [-0.05, 0) is 43.7 Å². The van der Waals surface area contributed by atoms with Gasteiger partial charge in [0.05, 0.1) is 11.3 Å². The molecule has 1 aromatic rings. The first-order chi connectivity index (χ1) is 9.88. The van der Waals surface area contributed by atoms with Crippen LogP contribution in [0, 0.1) is 17.6 Å². The number of anilines is 1. The average molecular weight is 298 g/mol. The van der Waals surface area contributed by atoms with Gasteiger partial charge >= 0.3 is 6.03 Å². The first kappa shape index (κ1) is 15.7. The lowest BCUT2D eigenvalue weighted by Gasteiger charge is -2.34. The Morgan fingerprint density at radius 2 is 2.05 bits per heavy atom. The van der Waals surface area contributed by atoms with Crippen molar-refractivity contribution in [3.63, 3.8) is 0 Å². The number of benzene rings is 1. The number of urea groups is 1. The molecule has 4 nitrogen and oxygen atoms in total. The van der Waals surface area contributed by atoms with E-state index in [-0.39, 0.29) is 12.2 Å². The van der Waals surface area contributed by atoms with Crippen LogP contribution in [0.1, 0.15) is 32.6 Å². The zero-order valence-electron chi connectivity index (χ0n) is 12.0. The van der Waals surface area contributed by atoms with E-state index in [4.69, 9.17) is 0 Å². The Morgan fingerprint density at radius 1 is 1.38 bits per heavy atom. The van der Waals surface area contributed by atoms with Crippen molar-refractivity contribution in [3.8, 4) is 0 Å². The number of amides is 2. The standard InChI is InChI=1S/C15H20F2N2O2/c1-10-4-6-15(21,7-5-10)9-18-14(20)19-13-3-2-11(16)8-12(13)17/h2-3,8,10,21H,4-7,9H2,1H3,(H2,18,19,20). The quantitative estimate of drug-likeness (QED) is 0.803. The van der Waals surface area contributed by atoms with Crippen molar-refractivity contribution < 1.29 is 18.7 Å². The Kier molecular flexibility index (Phi) is 4.77. The number of nitrogens with one attached hydrogen (secondary N) is 2. The Morgan fingerprint density at radius 3 is 2.67 bits per heavy atom. The molecule has 3 N–H and O–H groups in total. The molecule has 2 amide bonds. The summed E-state index contributed by atoms with van der Waals surface area (Å²) in [5.74, 6) is -0.952. The van der Waals surface area contributed by atoms with Crippen molar-refractivity contribution in [2.45, 2.75) is 38.2 Å². The Labute approximate surface area is 122 Å². The lowest BCUT2D eigenvalue weighted by atomic mass is 9.79. The molecular weight excluding hydrogens is 278 g/mol. The molecule has 6 heteroatoms. The first-order valence-corrected chi connectivity index (χ1v) is 7.10. The summed E-state index contributed by atoms with van der Waals surface area (Å²) in [5, 5.41) is 15.2. The number of carbonyl (C=O) groups is 1. The summed E-state index contributed by atoms with van der Waals surface area (Å²) in [5.41, 5.74) is -0.997. The van der Waals surface area contributed by atoms with E-state index in [0.29, 0.717) is 24.8 Å². The molecular formula is C15H20F2N2O2. The number of hydrogen-bond acceptors (Lipinski definition) is 2. The molecule has 1 saturated carbocycles. The van der Waals surface area contributed by atoms with Gasteiger partial charge in [0.1, 0.15) is 11.6 Å². The van der Waals surface area contributed by atoms with Crippen LogP contribution in [0.5, 0.6) is 0 Å². The maximum atomic E-state index is 13.4. The van der Waals surface area contributed by atoms with E-state index in [1.807, 2.05) is 0 Å². The molecule has 0 unspecified atom stereocenters. The van der Waals surface area contributed by atoms with Crippen LogP contribution in [0.2, 0.25) is 0 Å². The van der Waals surface area contributed by atoms with Gasteiger partial charge in [0.2, 0.25) is 0 Å². The molecule has 0 aromatic heterocycles. The Bertz CT molecular complexity index is 514. The van der Waals surface area contributed by atoms with Crippen molar-refractivity contribution in [2.75, 3.05) is 11.9 Å². The van der Waals surface area contributed by atoms with Crippen LogP contribution in [0.15, 0.2) is 18.2 Å². The monoisotopic (exact) mass is 298 g/mol. The summed E-state index contributed by atoms with van der Waals surface area (Å²) >= 11 is 0. The topological polar surface area (TPSA) is 61.4 Å². The Hall–Kier alpha value is -1.69. The van der Waals surface area contributed by atoms with E-state index < -0.39 is 23.3 Å². The van der Waals surface area contributed by atoms with Gasteiger partial charge in [-0.25, -0.2) is 13.6 Å². The van der Waals surface area contributed by atoms with Gasteiger partial charge in [-0.3, -0.25) is 0 Å². The van der Waals surface area contributed by atoms with Crippen LogP contribution in [0.3, 0.4) is 0 Å². The maximum Gasteiger partial charge on any atom is 0.319 e. The fourth-order valence-corrected chi connectivity index (χ4v) is 2.48. The first-order valence-electron chi connectivity index (χ1n) is 7.10. The molecule has 0 heterocycles.